The maximum Gasteiger partial charge on any atom is 0.354 e. The van der Waals surface area contributed by atoms with E-state index in [1.165, 1.54) is 31.7 Å². The molecule has 0 atom stereocenters. The normalized spacial score (nSPS) is 16.4. The van der Waals surface area contributed by atoms with Crippen LogP contribution in [0, 0.1) is 5.92 Å². The van der Waals surface area contributed by atoms with Crippen molar-refractivity contribution in [2.75, 3.05) is 5.32 Å². The predicted octanol–water partition coefficient (Wildman–Crippen LogP) is 3.08. The first kappa shape index (κ1) is 14.5. The maximum atomic E-state index is 12.0. The fourth-order valence-corrected chi connectivity index (χ4v) is 2.65. The molecule has 0 spiro atoms. The SMILES string of the molecule is O=C(CC1CCCCCC1)Nc1cccc(C(=O)O)n1. The number of nitrogens with zero attached hydrogens (tertiary/aromatic N) is 1. The fourth-order valence-electron chi connectivity index (χ4n) is 2.65. The summed E-state index contributed by atoms with van der Waals surface area (Å²) in [6.45, 7) is 0. The van der Waals surface area contributed by atoms with Crippen LogP contribution >= 0.6 is 0 Å². The Morgan fingerprint density at radius 2 is 1.90 bits per heavy atom. The predicted molar refractivity (Wildman–Crippen MR) is 75.6 cm³/mol. The van der Waals surface area contributed by atoms with Crippen molar-refractivity contribution in [1.82, 2.24) is 4.98 Å². The van der Waals surface area contributed by atoms with E-state index >= 15 is 0 Å². The van der Waals surface area contributed by atoms with Crippen molar-refractivity contribution >= 4 is 17.7 Å². The van der Waals surface area contributed by atoms with Gasteiger partial charge in [-0.1, -0.05) is 31.7 Å². The molecule has 0 aliphatic heterocycles. The van der Waals surface area contributed by atoms with Crippen molar-refractivity contribution in [3.05, 3.63) is 23.9 Å². The van der Waals surface area contributed by atoms with Crippen LogP contribution in [0.3, 0.4) is 0 Å². The number of nitrogens with one attached hydrogen (secondary N) is 1. The molecule has 1 aliphatic rings. The molecule has 108 valence electrons. The first-order valence-electron chi connectivity index (χ1n) is 7.15. The number of carbonyl (C=O) groups is 2. The summed E-state index contributed by atoms with van der Waals surface area (Å²) >= 11 is 0. The van der Waals surface area contributed by atoms with Crippen LogP contribution in [0.1, 0.15) is 55.4 Å². The number of carboxylic acids is 1. The van der Waals surface area contributed by atoms with Gasteiger partial charge in [0.1, 0.15) is 5.82 Å². The van der Waals surface area contributed by atoms with Crippen LogP contribution < -0.4 is 5.32 Å². The Labute approximate surface area is 118 Å². The van der Waals surface area contributed by atoms with E-state index in [0.717, 1.165) is 12.8 Å². The van der Waals surface area contributed by atoms with Crippen molar-refractivity contribution in [2.45, 2.75) is 44.9 Å². The minimum absolute atomic E-state index is 0.0581. The largest absolute Gasteiger partial charge is 0.477 e. The summed E-state index contributed by atoms with van der Waals surface area (Å²) in [5, 5.41) is 11.6. The lowest BCUT2D eigenvalue weighted by atomic mass is 9.96. The lowest BCUT2D eigenvalue weighted by Gasteiger charge is -2.13. The minimum atomic E-state index is -1.09. The van der Waals surface area contributed by atoms with Crippen molar-refractivity contribution < 1.29 is 14.7 Å². The highest BCUT2D eigenvalue weighted by Crippen LogP contribution is 2.25. The van der Waals surface area contributed by atoms with E-state index in [2.05, 4.69) is 10.3 Å². The van der Waals surface area contributed by atoms with Gasteiger partial charge in [-0.15, -0.1) is 0 Å². The lowest BCUT2D eigenvalue weighted by Crippen LogP contribution is -2.17. The third-order valence-corrected chi connectivity index (χ3v) is 3.68. The number of hydrogen-bond donors (Lipinski definition) is 2. The zero-order valence-electron chi connectivity index (χ0n) is 11.5. The highest BCUT2D eigenvalue weighted by molar-refractivity contribution is 5.91. The monoisotopic (exact) mass is 276 g/mol. The highest BCUT2D eigenvalue weighted by atomic mass is 16.4. The third kappa shape index (κ3) is 4.33. The van der Waals surface area contributed by atoms with E-state index in [1.54, 1.807) is 12.1 Å². The molecule has 1 amide bonds. The topological polar surface area (TPSA) is 79.3 Å². The Kier molecular flexibility index (Phi) is 5.09. The molecule has 20 heavy (non-hydrogen) atoms. The molecule has 1 fully saturated rings. The average molecular weight is 276 g/mol. The van der Waals surface area contributed by atoms with Gasteiger partial charge in [0.15, 0.2) is 5.69 Å². The first-order valence-corrected chi connectivity index (χ1v) is 7.15. The van der Waals surface area contributed by atoms with Crippen LogP contribution in [0.25, 0.3) is 0 Å². The lowest BCUT2D eigenvalue weighted by molar-refractivity contribution is -0.117. The Balaban J connectivity index is 1.90. The van der Waals surface area contributed by atoms with Gasteiger partial charge in [-0.25, -0.2) is 9.78 Å². The zero-order valence-corrected chi connectivity index (χ0v) is 11.5. The standard InChI is InChI=1S/C15H20N2O3/c18-14(10-11-6-3-1-2-4-7-11)17-13-9-5-8-12(16-13)15(19)20/h5,8-9,11H,1-4,6-7,10H2,(H,19,20)(H,16,17,18). The van der Waals surface area contributed by atoms with Gasteiger partial charge in [0.05, 0.1) is 0 Å². The summed E-state index contributed by atoms with van der Waals surface area (Å²) in [6, 6.07) is 4.60. The summed E-state index contributed by atoms with van der Waals surface area (Å²) in [4.78, 5) is 26.7. The molecule has 2 rings (SSSR count). The molecular weight excluding hydrogens is 256 g/mol. The molecular formula is C15H20N2O3. The van der Waals surface area contributed by atoms with Gasteiger partial charge < -0.3 is 10.4 Å². The second kappa shape index (κ2) is 7.03. The van der Waals surface area contributed by atoms with Gasteiger partial charge in [0.2, 0.25) is 5.91 Å². The summed E-state index contributed by atoms with van der Waals surface area (Å²) in [6.07, 6.45) is 7.64. The van der Waals surface area contributed by atoms with Gasteiger partial charge in [-0.3, -0.25) is 4.79 Å². The Bertz CT molecular complexity index is 480. The number of aromatic nitrogens is 1. The van der Waals surface area contributed by atoms with Crippen LogP contribution in [0.15, 0.2) is 18.2 Å². The van der Waals surface area contributed by atoms with E-state index in [0.29, 0.717) is 18.2 Å². The molecule has 1 aliphatic carbocycles. The second-order valence-corrected chi connectivity index (χ2v) is 5.32. The van der Waals surface area contributed by atoms with Gasteiger partial charge >= 0.3 is 5.97 Å². The van der Waals surface area contributed by atoms with E-state index < -0.39 is 5.97 Å². The minimum Gasteiger partial charge on any atom is -0.477 e. The van der Waals surface area contributed by atoms with Gasteiger partial charge in [0, 0.05) is 6.42 Å². The molecule has 1 aromatic rings. The molecule has 5 heteroatoms. The number of pyridine rings is 1. The number of rotatable bonds is 4. The van der Waals surface area contributed by atoms with Crippen molar-refractivity contribution in [3.63, 3.8) is 0 Å². The molecule has 0 unspecified atom stereocenters. The number of carbonyl (C=O) groups excluding carboxylic acids is 1. The van der Waals surface area contributed by atoms with Crippen LogP contribution in [0.4, 0.5) is 5.82 Å². The summed E-state index contributed by atoms with van der Waals surface area (Å²) < 4.78 is 0. The summed E-state index contributed by atoms with van der Waals surface area (Å²) in [5.41, 5.74) is -0.0581. The Morgan fingerprint density at radius 1 is 1.20 bits per heavy atom. The van der Waals surface area contributed by atoms with E-state index in [-0.39, 0.29) is 11.6 Å². The molecule has 1 saturated carbocycles. The Hall–Kier alpha value is -1.91. The molecule has 2 N–H and O–H groups in total. The molecule has 0 aromatic carbocycles. The van der Waals surface area contributed by atoms with Crippen LogP contribution in [0.5, 0.6) is 0 Å². The third-order valence-electron chi connectivity index (χ3n) is 3.68. The number of carboxylic acid groups (broad SMARTS) is 1. The molecule has 5 nitrogen and oxygen atoms in total. The highest BCUT2D eigenvalue weighted by Gasteiger charge is 2.16. The van der Waals surface area contributed by atoms with Crippen LogP contribution in [-0.2, 0) is 4.79 Å². The van der Waals surface area contributed by atoms with E-state index in [9.17, 15) is 9.59 Å². The smallest absolute Gasteiger partial charge is 0.354 e. The van der Waals surface area contributed by atoms with Crippen LogP contribution in [-0.4, -0.2) is 22.0 Å². The average Bonchev–Trinajstić information content (AvgIpc) is 2.67. The number of anilines is 1. The van der Waals surface area contributed by atoms with E-state index in [1.807, 2.05) is 0 Å². The van der Waals surface area contributed by atoms with E-state index in [4.69, 9.17) is 5.11 Å². The maximum absolute atomic E-state index is 12.0. The van der Waals surface area contributed by atoms with Crippen LogP contribution in [0.2, 0.25) is 0 Å². The van der Waals surface area contributed by atoms with Crippen molar-refractivity contribution in [2.24, 2.45) is 5.92 Å². The zero-order chi connectivity index (χ0) is 14.4. The molecule has 1 aromatic heterocycles. The number of amides is 1. The summed E-state index contributed by atoms with van der Waals surface area (Å²) in [7, 11) is 0. The number of aromatic carboxylic acids is 1. The van der Waals surface area contributed by atoms with Gasteiger partial charge in [-0.05, 0) is 30.9 Å². The van der Waals surface area contributed by atoms with Gasteiger partial charge in [-0.2, -0.15) is 0 Å². The molecule has 0 bridgehead atoms. The van der Waals surface area contributed by atoms with Gasteiger partial charge in [0.25, 0.3) is 0 Å². The molecule has 0 radical (unpaired) electrons. The first-order chi connectivity index (χ1) is 9.65. The fraction of sp³-hybridized carbons (Fsp3) is 0.533. The van der Waals surface area contributed by atoms with Crippen molar-refractivity contribution in [3.8, 4) is 0 Å². The molecule has 0 saturated heterocycles. The molecule has 1 heterocycles. The Morgan fingerprint density at radius 3 is 2.55 bits per heavy atom. The number of hydrogen-bond acceptors (Lipinski definition) is 3. The second-order valence-electron chi connectivity index (χ2n) is 5.32. The van der Waals surface area contributed by atoms with Crippen molar-refractivity contribution in [1.29, 1.82) is 0 Å². The quantitative estimate of drug-likeness (QED) is 0.828. The summed E-state index contributed by atoms with van der Waals surface area (Å²) in [5.74, 6) is -0.416.